The highest BCUT2D eigenvalue weighted by molar-refractivity contribution is 5.95. The molecule has 4 atom stereocenters. The molecule has 3 fully saturated rings. The van der Waals surface area contributed by atoms with E-state index in [4.69, 9.17) is 0 Å². The monoisotopic (exact) mass is 402 g/mol. The molecule has 0 radical (unpaired) electrons. The Morgan fingerprint density at radius 3 is 2.45 bits per heavy atom. The van der Waals surface area contributed by atoms with Gasteiger partial charge in [-0.2, -0.15) is 0 Å². The number of fused-ring (bicyclic) bond motifs is 2. The minimum Gasteiger partial charge on any atom is -0.369 e. The summed E-state index contributed by atoms with van der Waals surface area (Å²) < 4.78 is 13.1. The molecule has 158 valence electrons. The predicted molar refractivity (Wildman–Crippen MR) is 110 cm³/mol. The van der Waals surface area contributed by atoms with Crippen molar-refractivity contribution in [3.8, 4) is 0 Å². The van der Waals surface area contributed by atoms with Gasteiger partial charge in [0.05, 0.1) is 6.54 Å². The van der Waals surface area contributed by atoms with Crippen molar-refractivity contribution in [3.63, 3.8) is 0 Å². The molecule has 4 rings (SSSR count). The Labute approximate surface area is 171 Å². The van der Waals surface area contributed by atoms with Crippen LogP contribution in [-0.4, -0.2) is 55.6 Å². The summed E-state index contributed by atoms with van der Waals surface area (Å²) in [7, 11) is 0. The molecule has 4 unspecified atom stereocenters. The number of anilines is 1. The Morgan fingerprint density at radius 2 is 1.83 bits per heavy atom. The lowest BCUT2D eigenvalue weighted by Gasteiger charge is -2.35. The Kier molecular flexibility index (Phi) is 6.04. The fraction of sp³-hybridized carbons (Fsp3) is 0.636. The molecule has 0 aromatic heterocycles. The Hall–Kier alpha value is -2.15. The molecule has 1 aromatic carbocycles. The zero-order chi connectivity index (χ0) is 20.4. The molecule has 1 aromatic rings. The smallest absolute Gasteiger partial charge is 0.321 e. The summed E-state index contributed by atoms with van der Waals surface area (Å²) >= 11 is 0. The first-order chi connectivity index (χ1) is 14.0. The van der Waals surface area contributed by atoms with Gasteiger partial charge in [0, 0.05) is 37.9 Å². The molecule has 7 heteroatoms. The van der Waals surface area contributed by atoms with Crippen molar-refractivity contribution < 1.29 is 14.0 Å². The molecule has 3 amide bonds. The van der Waals surface area contributed by atoms with Crippen molar-refractivity contribution in [2.24, 2.45) is 17.8 Å². The zero-order valence-corrected chi connectivity index (χ0v) is 17.1. The molecule has 6 nitrogen and oxygen atoms in total. The number of halogens is 1. The number of urea groups is 1. The molecule has 1 aliphatic heterocycles. The van der Waals surface area contributed by atoms with Crippen LogP contribution in [0.25, 0.3) is 0 Å². The molecule has 1 saturated heterocycles. The number of nitrogens with zero attached hydrogens (tertiary/aromatic N) is 2. The molecule has 2 N–H and O–H groups in total. The number of piperazine rings is 1. The molecular weight excluding hydrogens is 371 g/mol. The van der Waals surface area contributed by atoms with Gasteiger partial charge in [-0.25, -0.2) is 9.18 Å². The van der Waals surface area contributed by atoms with Gasteiger partial charge in [-0.1, -0.05) is 6.42 Å². The molecule has 3 aliphatic rings. The van der Waals surface area contributed by atoms with E-state index in [0.29, 0.717) is 5.92 Å². The number of hydrogen-bond donors (Lipinski definition) is 2. The van der Waals surface area contributed by atoms with Crippen molar-refractivity contribution >= 4 is 17.6 Å². The summed E-state index contributed by atoms with van der Waals surface area (Å²) in [6.45, 7) is 5.28. The van der Waals surface area contributed by atoms with Gasteiger partial charge >= 0.3 is 6.03 Å². The van der Waals surface area contributed by atoms with Gasteiger partial charge in [0.15, 0.2) is 0 Å². The third kappa shape index (κ3) is 4.89. The third-order valence-electron chi connectivity index (χ3n) is 6.98. The summed E-state index contributed by atoms with van der Waals surface area (Å²) in [5.74, 6) is 1.63. The fourth-order valence-corrected chi connectivity index (χ4v) is 5.44. The van der Waals surface area contributed by atoms with Crippen LogP contribution in [0.15, 0.2) is 24.3 Å². The maximum absolute atomic E-state index is 13.1. The number of nitrogens with one attached hydrogen (secondary N) is 2. The normalized spacial score (nSPS) is 27.7. The van der Waals surface area contributed by atoms with E-state index in [1.807, 2.05) is 4.90 Å². The van der Waals surface area contributed by atoms with Crippen LogP contribution in [0.3, 0.4) is 0 Å². The molecule has 2 aliphatic carbocycles. The number of rotatable bonds is 5. The van der Waals surface area contributed by atoms with Gasteiger partial charge in [-0.05, 0) is 68.2 Å². The average molecular weight is 403 g/mol. The summed E-state index contributed by atoms with van der Waals surface area (Å²) in [5, 5.41) is 5.47. The second-order valence-corrected chi connectivity index (χ2v) is 8.89. The first kappa shape index (κ1) is 20.1. The lowest BCUT2D eigenvalue weighted by Crippen LogP contribution is -2.52. The number of carbonyl (C=O) groups excluding carboxylic acids is 2. The molecule has 2 saturated carbocycles. The van der Waals surface area contributed by atoms with Crippen LogP contribution in [0.2, 0.25) is 0 Å². The van der Waals surface area contributed by atoms with E-state index < -0.39 is 0 Å². The quantitative estimate of drug-likeness (QED) is 0.795. The van der Waals surface area contributed by atoms with Gasteiger partial charge in [0.2, 0.25) is 5.91 Å². The van der Waals surface area contributed by atoms with Crippen molar-refractivity contribution in [3.05, 3.63) is 30.1 Å². The molecular formula is C22H31FN4O2. The predicted octanol–water partition coefficient (Wildman–Crippen LogP) is 2.60. The van der Waals surface area contributed by atoms with Crippen LogP contribution < -0.4 is 15.5 Å². The second kappa shape index (κ2) is 8.69. The van der Waals surface area contributed by atoms with Crippen LogP contribution in [0, 0.1) is 23.6 Å². The van der Waals surface area contributed by atoms with E-state index in [2.05, 4.69) is 22.5 Å². The van der Waals surface area contributed by atoms with Crippen molar-refractivity contribution in [1.29, 1.82) is 0 Å². The minimum atomic E-state index is -0.379. The van der Waals surface area contributed by atoms with Crippen LogP contribution in [0.1, 0.15) is 32.6 Å². The van der Waals surface area contributed by atoms with E-state index in [1.165, 1.54) is 37.8 Å². The Balaban J connectivity index is 1.17. The van der Waals surface area contributed by atoms with Gasteiger partial charge in [-0.3, -0.25) is 15.0 Å². The molecule has 29 heavy (non-hydrogen) atoms. The highest BCUT2D eigenvalue weighted by atomic mass is 19.1. The van der Waals surface area contributed by atoms with E-state index in [-0.39, 0.29) is 30.3 Å². The maximum Gasteiger partial charge on any atom is 0.321 e. The summed E-state index contributed by atoms with van der Waals surface area (Å²) in [6.07, 6.45) is 5.14. The van der Waals surface area contributed by atoms with Gasteiger partial charge in [0.25, 0.3) is 0 Å². The maximum atomic E-state index is 13.1. The third-order valence-corrected chi connectivity index (χ3v) is 6.98. The zero-order valence-electron chi connectivity index (χ0n) is 17.1. The largest absolute Gasteiger partial charge is 0.369 e. The molecule has 1 heterocycles. The average Bonchev–Trinajstić information content (AvgIpc) is 3.33. The standard InChI is InChI=1S/C22H31FN4O2/c1-15(20-13-16-2-3-17(20)12-16)24-22(29)25-21(28)14-26-8-10-27(11-9-26)19-6-4-18(23)5-7-19/h4-7,15-17,20H,2-3,8-14H2,1H3,(H2,24,25,28,29). The fourth-order valence-electron chi connectivity index (χ4n) is 5.44. The van der Waals surface area contributed by atoms with Gasteiger partial charge < -0.3 is 10.2 Å². The summed E-state index contributed by atoms with van der Waals surface area (Å²) in [5.41, 5.74) is 0.990. The van der Waals surface area contributed by atoms with E-state index in [9.17, 15) is 14.0 Å². The number of imide groups is 1. The van der Waals surface area contributed by atoms with Crippen molar-refractivity contribution in [2.75, 3.05) is 37.6 Å². The van der Waals surface area contributed by atoms with E-state index >= 15 is 0 Å². The number of benzene rings is 1. The van der Waals surface area contributed by atoms with Gasteiger partial charge in [0.1, 0.15) is 5.82 Å². The van der Waals surface area contributed by atoms with Crippen LogP contribution in [0.5, 0.6) is 0 Å². The van der Waals surface area contributed by atoms with E-state index in [0.717, 1.165) is 43.7 Å². The topological polar surface area (TPSA) is 64.7 Å². The highest BCUT2D eigenvalue weighted by Crippen LogP contribution is 2.49. The first-order valence-electron chi connectivity index (χ1n) is 10.8. The number of hydrogen-bond acceptors (Lipinski definition) is 4. The SMILES string of the molecule is CC(NC(=O)NC(=O)CN1CCN(c2ccc(F)cc2)CC1)C1CC2CCC1C2. The molecule has 0 spiro atoms. The van der Waals surface area contributed by atoms with Crippen molar-refractivity contribution in [1.82, 2.24) is 15.5 Å². The lowest BCUT2D eigenvalue weighted by atomic mass is 9.84. The van der Waals surface area contributed by atoms with Crippen LogP contribution >= 0.6 is 0 Å². The Bertz CT molecular complexity index is 733. The lowest BCUT2D eigenvalue weighted by molar-refractivity contribution is -0.121. The molecule has 2 bridgehead atoms. The van der Waals surface area contributed by atoms with Gasteiger partial charge in [-0.15, -0.1) is 0 Å². The van der Waals surface area contributed by atoms with Crippen molar-refractivity contribution in [2.45, 2.75) is 38.6 Å². The van der Waals surface area contributed by atoms with Crippen LogP contribution in [0.4, 0.5) is 14.9 Å². The Morgan fingerprint density at radius 1 is 1.10 bits per heavy atom. The number of amides is 3. The summed E-state index contributed by atoms with van der Waals surface area (Å²) in [4.78, 5) is 28.7. The van der Waals surface area contributed by atoms with Crippen LogP contribution in [-0.2, 0) is 4.79 Å². The number of carbonyl (C=O) groups is 2. The minimum absolute atomic E-state index is 0.109. The second-order valence-electron chi connectivity index (χ2n) is 8.89. The first-order valence-corrected chi connectivity index (χ1v) is 10.8. The summed E-state index contributed by atoms with van der Waals surface area (Å²) in [6, 6.07) is 6.21. The van der Waals surface area contributed by atoms with E-state index in [1.54, 1.807) is 12.1 Å². The highest BCUT2D eigenvalue weighted by Gasteiger charge is 2.42.